The molecule has 0 spiro atoms. The summed E-state index contributed by atoms with van der Waals surface area (Å²) >= 11 is 0. The molecule has 2 amide bonds. The zero-order chi connectivity index (χ0) is 11.1. The molecule has 0 bridgehead atoms. The Morgan fingerprint density at radius 3 is 2.50 bits per heavy atom. The second-order valence-electron chi connectivity index (χ2n) is 2.94. The molecule has 5 N–H and O–H groups in total. The topological polar surface area (TPSA) is 104 Å². The minimum Gasteiger partial charge on any atom is -0.382 e. The van der Waals surface area contributed by atoms with Crippen molar-refractivity contribution in [1.29, 1.82) is 0 Å². The molecule has 6 nitrogen and oxygen atoms in total. The van der Waals surface area contributed by atoms with E-state index < -0.39 is 18.1 Å². The molecular formula is C8H17N3O3. The van der Waals surface area contributed by atoms with Gasteiger partial charge in [-0.1, -0.05) is 0 Å². The Balaban J connectivity index is 3.78. The lowest BCUT2D eigenvalue weighted by molar-refractivity contribution is -0.127. The number of aliphatic hydroxyl groups excluding tert-OH is 1. The van der Waals surface area contributed by atoms with Crippen LogP contribution in [0.3, 0.4) is 0 Å². The van der Waals surface area contributed by atoms with E-state index in [4.69, 9.17) is 10.8 Å². The third kappa shape index (κ3) is 4.78. The number of hydrogen-bond donors (Lipinski definition) is 4. The average molecular weight is 203 g/mol. The average Bonchev–Trinajstić information content (AvgIpc) is 2.13. The highest BCUT2D eigenvalue weighted by Crippen LogP contribution is 1.84. The van der Waals surface area contributed by atoms with E-state index in [1.807, 2.05) is 6.92 Å². The first-order valence-electron chi connectivity index (χ1n) is 4.47. The summed E-state index contributed by atoms with van der Waals surface area (Å²) in [5, 5.41) is 14.3. The van der Waals surface area contributed by atoms with Gasteiger partial charge >= 0.3 is 0 Å². The van der Waals surface area contributed by atoms with Gasteiger partial charge in [-0.25, -0.2) is 0 Å². The Morgan fingerprint density at radius 1 is 1.50 bits per heavy atom. The van der Waals surface area contributed by atoms with Crippen LogP contribution in [0.15, 0.2) is 0 Å². The maximum absolute atomic E-state index is 11.2. The number of carbonyl (C=O) groups excluding carboxylic acids is 2. The summed E-state index contributed by atoms with van der Waals surface area (Å²) < 4.78 is 0. The summed E-state index contributed by atoms with van der Waals surface area (Å²) in [7, 11) is 0. The molecule has 0 heterocycles. The zero-order valence-corrected chi connectivity index (χ0v) is 8.41. The fourth-order valence-electron chi connectivity index (χ4n) is 0.809. The lowest BCUT2D eigenvalue weighted by Gasteiger charge is -2.14. The Kier molecular flexibility index (Phi) is 5.82. The highest BCUT2D eigenvalue weighted by molar-refractivity contribution is 5.81. The van der Waals surface area contributed by atoms with Crippen LogP contribution >= 0.6 is 0 Å². The number of carbonyl (C=O) groups is 2. The summed E-state index contributed by atoms with van der Waals surface area (Å²) in [6.45, 7) is 3.97. The highest BCUT2D eigenvalue weighted by Gasteiger charge is 2.15. The van der Waals surface area contributed by atoms with Crippen molar-refractivity contribution in [1.82, 2.24) is 10.6 Å². The molecule has 6 heteroatoms. The van der Waals surface area contributed by atoms with Gasteiger partial charge in [-0.3, -0.25) is 9.59 Å². The number of rotatable bonds is 6. The standard InChI is InChI=1S/C8H17N3O3/c1-3-10-8(14)5(2)11-4-6(12)7(9)13/h5-6,11-12H,3-4H2,1-2H3,(H2,9,13)(H,10,14). The normalized spacial score (nSPS) is 14.5. The molecule has 82 valence electrons. The summed E-state index contributed by atoms with van der Waals surface area (Å²) in [5.41, 5.74) is 4.83. The minimum absolute atomic E-state index is 0.0202. The van der Waals surface area contributed by atoms with Gasteiger partial charge in [-0.2, -0.15) is 0 Å². The predicted molar refractivity (Wildman–Crippen MR) is 51.3 cm³/mol. The molecule has 14 heavy (non-hydrogen) atoms. The summed E-state index contributed by atoms with van der Waals surface area (Å²) in [5.74, 6) is -0.982. The van der Waals surface area contributed by atoms with Gasteiger partial charge in [0.1, 0.15) is 6.10 Å². The Morgan fingerprint density at radius 2 is 2.07 bits per heavy atom. The minimum atomic E-state index is -1.26. The molecule has 0 fully saturated rings. The van der Waals surface area contributed by atoms with Crippen molar-refractivity contribution < 1.29 is 14.7 Å². The third-order valence-electron chi connectivity index (χ3n) is 1.69. The second-order valence-corrected chi connectivity index (χ2v) is 2.94. The van der Waals surface area contributed by atoms with E-state index in [-0.39, 0.29) is 12.5 Å². The van der Waals surface area contributed by atoms with Crippen LogP contribution in [0.4, 0.5) is 0 Å². The van der Waals surface area contributed by atoms with Crippen LogP contribution in [0, 0.1) is 0 Å². The van der Waals surface area contributed by atoms with Crippen molar-refractivity contribution in [3.05, 3.63) is 0 Å². The van der Waals surface area contributed by atoms with Gasteiger partial charge in [0.15, 0.2) is 0 Å². The molecule has 0 aliphatic rings. The van der Waals surface area contributed by atoms with E-state index in [1.54, 1.807) is 6.92 Å². The van der Waals surface area contributed by atoms with Crippen molar-refractivity contribution in [2.75, 3.05) is 13.1 Å². The molecule has 0 saturated carbocycles. The van der Waals surface area contributed by atoms with Crippen molar-refractivity contribution in [2.45, 2.75) is 26.0 Å². The molecule has 2 unspecified atom stereocenters. The quantitative estimate of drug-likeness (QED) is 0.398. The van der Waals surface area contributed by atoms with Crippen molar-refractivity contribution in [3.8, 4) is 0 Å². The molecule has 0 radical (unpaired) electrons. The van der Waals surface area contributed by atoms with Gasteiger partial charge in [0.25, 0.3) is 0 Å². The van der Waals surface area contributed by atoms with Gasteiger partial charge in [-0.05, 0) is 13.8 Å². The molecule has 0 saturated heterocycles. The lowest BCUT2D eigenvalue weighted by atomic mass is 10.2. The van der Waals surface area contributed by atoms with Crippen LogP contribution in [0.2, 0.25) is 0 Å². The largest absolute Gasteiger partial charge is 0.382 e. The van der Waals surface area contributed by atoms with Gasteiger partial charge in [0.2, 0.25) is 11.8 Å². The smallest absolute Gasteiger partial charge is 0.247 e. The number of nitrogens with one attached hydrogen (secondary N) is 2. The first-order chi connectivity index (χ1) is 6.49. The fraction of sp³-hybridized carbons (Fsp3) is 0.750. The number of hydrogen-bond acceptors (Lipinski definition) is 4. The fourth-order valence-corrected chi connectivity index (χ4v) is 0.809. The van der Waals surface area contributed by atoms with Crippen LogP contribution < -0.4 is 16.4 Å². The summed E-state index contributed by atoms with van der Waals surface area (Å²) in [6, 6.07) is -0.455. The van der Waals surface area contributed by atoms with Crippen molar-refractivity contribution in [3.63, 3.8) is 0 Å². The number of aliphatic hydroxyl groups is 1. The van der Waals surface area contributed by atoms with Gasteiger partial charge in [-0.15, -0.1) is 0 Å². The maximum Gasteiger partial charge on any atom is 0.247 e. The molecule has 0 aliphatic carbocycles. The predicted octanol–water partition coefficient (Wildman–Crippen LogP) is -2.05. The molecular weight excluding hydrogens is 186 g/mol. The molecule has 0 aliphatic heterocycles. The molecule has 0 aromatic carbocycles. The highest BCUT2D eigenvalue weighted by atomic mass is 16.3. The van der Waals surface area contributed by atoms with E-state index in [1.165, 1.54) is 0 Å². The van der Waals surface area contributed by atoms with Crippen LogP contribution in [0.1, 0.15) is 13.8 Å². The van der Waals surface area contributed by atoms with Crippen LogP contribution in [0.25, 0.3) is 0 Å². The zero-order valence-electron chi connectivity index (χ0n) is 8.41. The summed E-state index contributed by atoms with van der Waals surface area (Å²) in [6.07, 6.45) is -1.26. The van der Waals surface area contributed by atoms with E-state index >= 15 is 0 Å². The number of likely N-dealkylation sites (N-methyl/N-ethyl adjacent to an activating group) is 1. The van der Waals surface area contributed by atoms with E-state index in [0.29, 0.717) is 6.54 Å². The molecule has 0 aromatic heterocycles. The van der Waals surface area contributed by atoms with Crippen LogP contribution in [-0.2, 0) is 9.59 Å². The lowest BCUT2D eigenvalue weighted by Crippen LogP contribution is -2.47. The first-order valence-corrected chi connectivity index (χ1v) is 4.47. The number of amides is 2. The van der Waals surface area contributed by atoms with Gasteiger partial charge in [0.05, 0.1) is 6.04 Å². The Bertz CT molecular complexity index is 208. The number of nitrogens with two attached hydrogens (primary N) is 1. The van der Waals surface area contributed by atoms with Crippen molar-refractivity contribution in [2.24, 2.45) is 5.73 Å². The van der Waals surface area contributed by atoms with Crippen LogP contribution in [0.5, 0.6) is 0 Å². The Labute approximate surface area is 82.9 Å². The molecule has 0 rings (SSSR count). The van der Waals surface area contributed by atoms with E-state index in [9.17, 15) is 9.59 Å². The second kappa shape index (κ2) is 6.33. The summed E-state index contributed by atoms with van der Waals surface area (Å²) in [4.78, 5) is 21.6. The first kappa shape index (κ1) is 12.9. The van der Waals surface area contributed by atoms with E-state index in [0.717, 1.165) is 0 Å². The molecule has 0 aromatic rings. The third-order valence-corrected chi connectivity index (χ3v) is 1.69. The monoisotopic (exact) mass is 203 g/mol. The number of primary amides is 1. The van der Waals surface area contributed by atoms with Gasteiger partial charge in [0, 0.05) is 13.1 Å². The van der Waals surface area contributed by atoms with Gasteiger partial charge < -0.3 is 21.5 Å². The Hall–Kier alpha value is -1.14. The van der Waals surface area contributed by atoms with Crippen LogP contribution in [-0.4, -0.2) is 42.2 Å². The van der Waals surface area contributed by atoms with Crippen molar-refractivity contribution >= 4 is 11.8 Å². The molecule has 2 atom stereocenters. The maximum atomic E-state index is 11.2. The SMILES string of the molecule is CCNC(=O)C(C)NCC(O)C(N)=O. The van der Waals surface area contributed by atoms with E-state index in [2.05, 4.69) is 10.6 Å².